The van der Waals surface area contributed by atoms with Crippen LogP contribution in [0.15, 0.2) is 12.4 Å². The van der Waals surface area contributed by atoms with E-state index in [1.165, 1.54) is 0 Å². The summed E-state index contributed by atoms with van der Waals surface area (Å²) in [6, 6.07) is 0.115. The molecule has 0 aliphatic rings. The van der Waals surface area contributed by atoms with Crippen LogP contribution in [0.5, 0.6) is 0 Å². The van der Waals surface area contributed by atoms with E-state index >= 15 is 0 Å². The van der Waals surface area contributed by atoms with Crippen molar-refractivity contribution in [1.29, 1.82) is 0 Å². The molecule has 0 spiro atoms. The summed E-state index contributed by atoms with van der Waals surface area (Å²) < 4.78 is 1.92. The van der Waals surface area contributed by atoms with Crippen LogP contribution in [0.25, 0.3) is 0 Å². The van der Waals surface area contributed by atoms with Gasteiger partial charge in [-0.05, 0) is 27.2 Å². The van der Waals surface area contributed by atoms with E-state index < -0.39 is 11.5 Å². The van der Waals surface area contributed by atoms with Gasteiger partial charge in [0, 0.05) is 24.9 Å². The molecule has 0 amide bonds. The van der Waals surface area contributed by atoms with E-state index in [0.717, 1.165) is 18.7 Å². The second-order valence-corrected chi connectivity index (χ2v) is 5.16. The third-order valence-electron chi connectivity index (χ3n) is 2.84. The number of carbonyl (C=O) groups is 1. The molecule has 1 atom stereocenters. The number of carboxylic acids is 1. The molecule has 5 nitrogen and oxygen atoms in total. The highest BCUT2D eigenvalue weighted by atomic mass is 16.4. The summed E-state index contributed by atoms with van der Waals surface area (Å²) >= 11 is 0. The molecule has 0 fully saturated rings. The van der Waals surface area contributed by atoms with Crippen LogP contribution in [0.4, 0.5) is 0 Å². The Balaban J connectivity index is 2.89. The first-order chi connectivity index (χ1) is 8.39. The molecule has 1 rings (SSSR count). The monoisotopic (exact) mass is 253 g/mol. The van der Waals surface area contributed by atoms with E-state index in [1.807, 2.05) is 24.6 Å². The third kappa shape index (κ3) is 3.57. The summed E-state index contributed by atoms with van der Waals surface area (Å²) in [4.78, 5) is 15.7. The zero-order chi connectivity index (χ0) is 13.8. The predicted molar refractivity (Wildman–Crippen MR) is 70.5 cm³/mol. The number of nitrogens with zero attached hydrogens (tertiary/aromatic N) is 2. The van der Waals surface area contributed by atoms with E-state index in [0.29, 0.717) is 6.54 Å². The number of rotatable bonds is 7. The Kier molecular flexibility index (Phi) is 4.90. The quantitative estimate of drug-likeness (QED) is 0.776. The molecular formula is C13H23N3O2. The van der Waals surface area contributed by atoms with Crippen LogP contribution in [-0.2, 0) is 17.8 Å². The first-order valence-electron chi connectivity index (χ1n) is 6.40. The lowest BCUT2D eigenvalue weighted by Gasteiger charge is -2.29. The van der Waals surface area contributed by atoms with Crippen LogP contribution in [0.3, 0.4) is 0 Å². The summed E-state index contributed by atoms with van der Waals surface area (Å²) in [6.45, 7) is 8.08. The number of nitrogens with one attached hydrogen (secondary N) is 1. The second kappa shape index (κ2) is 6.00. The number of aryl methyl sites for hydroxylation is 1. The van der Waals surface area contributed by atoms with Crippen LogP contribution in [0, 0.1) is 0 Å². The van der Waals surface area contributed by atoms with Gasteiger partial charge in [0.25, 0.3) is 0 Å². The maximum absolute atomic E-state index is 11.5. The number of hydrogen-bond acceptors (Lipinski definition) is 3. The number of hydrogen-bond donors (Lipinski definition) is 2. The molecule has 0 saturated heterocycles. The van der Waals surface area contributed by atoms with Crippen molar-refractivity contribution in [3.63, 3.8) is 0 Å². The molecule has 0 saturated carbocycles. The SMILES string of the molecule is CCCc1nccn1CC(C)(NC(C)C)C(=O)O. The fourth-order valence-electron chi connectivity index (χ4n) is 2.09. The Morgan fingerprint density at radius 1 is 1.61 bits per heavy atom. The van der Waals surface area contributed by atoms with Crippen LogP contribution in [0.1, 0.15) is 39.9 Å². The minimum Gasteiger partial charge on any atom is -0.480 e. The highest BCUT2D eigenvalue weighted by Gasteiger charge is 2.34. The zero-order valence-corrected chi connectivity index (χ0v) is 11.6. The van der Waals surface area contributed by atoms with Gasteiger partial charge in [0.15, 0.2) is 0 Å². The standard InChI is InChI=1S/C13H23N3O2/c1-5-6-11-14-7-8-16(11)9-13(4,12(17)18)15-10(2)3/h7-8,10,15H,5-6,9H2,1-4H3,(H,17,18). The van der Waals surface area contributed by atoms with Gasteiger partial charge in [0.2, 0.25) is 0 Å². The first-order valence-corrected chi connectivity index (χ1v) is 6.40. The molecule has 102 valence electrons. The minimum absolute atomic E-state index is 0.115. The molecule has 0 aliphatic carbocycles. The highest BCUT2D eigenvalue weighted by Crippen LogP contribution is 2.12. The van der Waals surface area contributed by atoms with E-state index in [2.05, 4.69) is 17.2 Å². The number of carboxylic acid groups (broad SMARTS) is 1. The molecule has 1 unspecified atom stereocenters. The van der Waals surface area contributed by atoms with Gasteiger partial charge in [-0.25, -0.2) is 4.98 Å². The summed E-state index contributed by atoms with van der Waals surface area (Å²) in [7, 11) is 0. The van der Waals surface area contributed by atoms with Crippen molar-refractivity contribution in [2.75, 3.05) is 0 Å². The fraction of sp³-hybridized carbons (Fsp3) is 0.692. The molecule has 0 aliphatic heterocycles. The molecule has 1 heterocycles. The van der Waals surface area contributed by atoms with E-state index in [1.54, 1.807) is 13.1 Å². The van der Waals surface area contributed by atoms with Gasteiger partial charge in [-0.15, -0.1) is 0 Å². The van der Waals surface area contributed by atoms with Crippen molar-refractivity contribution in [3.8, 4) is 0 Å². The first kappa shape index (κ1) is 14.7. The van der Waals surface area contributed by atoms with Crippen LogP contribution >= 0.6 is 0 Å². The molecule has 18 heavy (non-hydrogen) atoms. The normalized spacial score (nSPS) is 14.7. The molecule has 1 aromatic rings. The Morgan fingerprint density at radius 2 is 2.28 bits per heavy atom. The highest BCUT2D eigenvalue weighted by molar-refractivity contribution is 5.78. The maximum Gasteiger partial charge on any atom is 0.325 e. The van der Waals surface area contributed by atoms with Crippen molar-refractivity contribution in [1.82, 2.24) is 14.9 Å². The van der Waals surface area contributed by atoms with Crippen molar-refractivity contribution in [2.45, 2.75) is 58.7 Å². The average Bonchev–Trinajstić information content (AvgIpc) is 2.64. The Morgan fingerprint density at radius 3 is 2.78 bits per heavy atom. The predicted octanol–water partition coefficient (Wildman–Crippen LogP) is 1.68. The summed E-state index contributed by atoms with van der Waals surface area (Å²) in [5.41, 5.74) is -0.975. The van der Waals surface area contributed by atoms with Gasteiger partial charge < -0.3 is 9.67 Å². The van der Waals surface area contributed by atoms with Gasteiger partial charge >= 0.3 is 5.97 Å². The molecule has 1 aromatic heterocycles. The average molecular weight is 253 g/mol. The van der Waals surface area contributed by atoms with Gasteiger partial charge in [0.05, 0.1) is 6.54 Å². The maximum atomic E-state index is 11.5. The summed E-state index contributed by atoms with van der Waals surface area (Å²) in [5, 5.41) is 12.5. The van der Waals surface area contributed by atoms with Crippen molar-refractivity contribution < 1.29 is 9.90 Å². The van der Waals surface area contributed by atoms with Crippen LogP contribution in [0.2, 0.25) is 0 Å². The van der Waals surface area contributed by atoms with E-state index in [9.17, 15) is 9.90 Å². The van der Waals surface area contributed by atoms with Crippen LogP contribution < -0.4 is 5.32 Å². The number of aliphatic carboxylic acids is 1. The third-order valence-corrected chi connectivity index (χ3v) is 2.84. The Hall–Kier alpha value is -1.36. The number of aromatic nitrogens is 2. The molecular weight excluding hydrogens is 230 g/mol. The summed E-state index contributed by atoms with van der Waals surface area (Å²) in [5.74, 6) is 0.0999. The Bertz CT molecular complexity index is 401. The molecule has 2 N–H and O–H groups in total. The minimum atomic E-state index is -0.975. The van der Waals surface area contributed by atoms with Crippen molar-refractivity contribution in [3.05, 3.63) is 18.2 Å². The lowest BCUT2D eigenvalue weighted by molar-refractivity contribution is -0.145. The van der Waals surface area contributed by atoms with Crippen molar-refractivity contribution in [2.24, 2.45) is 0 Å². The largest absolute Gasteiger partial charge is 0.480 e. The summed E-state index contributed by atoms with van der Waals surface area (Å²) in [6.07, 6.45) is 5.43. The lowest BCUT2D eigenvalue weighted by atomic mass is 10.0. The Labute approximate surface area is 108 Å². The molecule has 5 heteroatoms. The molecule has 0 bridgehead atoms. The molecule has 0 radical (unpaired) electrons. The van der Waals surface area contributed by atoms with Gasteiger partial charge in [-0.3, -0.25) is 10.1 Å². The number of imidazole rings is 1. The smallest absolute Gasteiger partial charge is 0.325 e. The fourth-order valence-corrected chi connectivity index (χ4v) is 2.09. The van der Waals surface area contributed by atoms with Gasteiger partial charge in [0.1, 0.15) is 11.4 Å². The van der Waals surface area contributed by atoms with Gasteiger partial charge in [-0.1, -0.05) is 6.92 Å². The van der Waals surface area contributed by atoms with E-state index in [4.69, 9.17) is 0 Å². The van der Waals surface area contributed by atoms with Gasteiger partial charge in [-0.2, -0.15) is 0 Å². The zero-order valence-electron chi connectivity index (χ0n) is 11.6. The van der Waals surface area contributed by atoms with E-state index in [-0.39, 0.29) is 6.04 Å². The topological polar surface area (TPSA) is 67.2 Å². The molecule has 0 aromatic carbocycles. The van der Waals surface area contributed by atoms with Crippen molar-refractivity contribution >= 4 is 5.97 Å². The van der Waals surface area contributed by atoms with Crippen LogP contribution in [-0.4, -0.2) is 32.2 Å². The second-order valence-electron chi connectivity index (χ2n) is 5.16. The lowest BCUT2D eigenvalue weighted by Crippen LogP contribution is -2.55.